The quantitative estimate of drug-likeness (QED) is 0.807. The van der Waals surface area contributed by atoms with E-state index in [1.807, 2.05) is 0 Å². The van der Waals surface area contributed by atoms with Gasteiger partial charge in [-0.15, -0.1) is 0 Å². The highest BCUT2D eigenvalue weighted by atomic mass is 35.5. The van der Waals surface area contributed by atoms with E-state index in [4.69, 9.17) is 11.6 Å². The maximum atomic E-state index is 12.8. The molecule has 0 unspecified atom stereocenters. The van der Waals surface area contributed by atoms with E-state index < -0.39 is 0 Å². The van der Waals surface area contributed by atoms with Crippen LogP contribution in [0.3, 0.4) is 0 Å². The number of nitrogens with zero attached hydrogens (tertiary/aromatic N) is 1. The Morgan fingerprint density at radius 2 is 1.94 bits per heavy atom. The monoisotopic (exact) mass is 236 g/mol. The predicted molar refractivity (Wildman–Crippen MR) is 64.2 cm³/mol. The summed E-state index contributed by atoms with van der Waals surface area (Å²) in [6.45, 7) is 0. The number of benzene rings is 1. The lowest BCUT2D eigenvalue weighted by Gasteiger charge is -2.08. The molecule has 1 aromatic carbocycles. The molecular weight excluding hydrogens is 227 g/mol. The largest absolute Gasteiger partial charge is 0.386 e. The van der Waals surface area contributed by atoms with E-state index in [9.17, 15) is 4.39 Å². The average Bonchev–Trinajstić information content (AvgIpc) is 2.30. The number of hydrogen-bond acceptors (Lipinski definition) is 2. The molecule has 2 rings (SSSR count). The van der Waals surface area contributed by atoms with Crippen LogP contribution < -0.4 is 5.32 Å². The molecule has 4 heteroatoms. The molecular formula is C12H10ClFN2. The number of pyridine rings is 1. The predicted octanol–water partition coefficient (Wildman–Crippen LogP) is 3.58. The summed E-state index contributed by atoms with van der Waals surface area (Å²) in [7, 11) is 1.80. The molecule has 0 aliphatic heterocycles. The lowest BCUT2D eigenvalue weighted by atomic mass is 10.1. The number of hydrogen-bond donors (Lipinski definition) is 1. The summed E-state index contributed by atoms with van der Waals surface area (Å²) in [6, 6.07) is 8.01. The molecule has 0 bridgehead atoms. The molecule has 82 valence electrons. The zero-order chi connectivity index (χ0) is 11.5. The smallest absolute Gasteiger partial charge is 0.129 e. The molecule has 1 N–H and O–H groups in total. The van der Waals surface area contributed by atoms with E-state index in [-0.39, 0.29) is 5.82 Å². The number of aromatic nitrogens is 1. The Bertz CT molecular complexity index is 497. The topological polar surface area (TPSA) is 24.9 Å². The van der Waals surface area contributed by atoms with Crippen LogP contribution in [0, 0.1) is 5.82 Å². The number of anilines is 1. The highest BCUT2D eigenvalue weighted by molar-refractivity contribution is 6.29. The van der Waals surface area contributed by atoms with Gasteiger partial charge in [0.15, 0.2) is 0 Å². The average molecular weight is 237 g/mol. The van der Waals surface area contributed by atoms with Crippen LogP contribution in [0.1, 0.15) is 0 Å². The van der Waals surface area contributed by atoms with Crippen LogP contribution in [0.4, 0.5) is 10.1 Å². The van der Waals surface area contributed by atoms with Gasteiger partial charge in [-0.1, -0.05) is 23.7 Å². The second kappa shape index (κ2) is 4.49. The summed E-state index contributed by atoms with van der Waals surface area (Å²) in [5.41, 5.74) is 2.66. The van der Waals surface area contributed by atoms with E-state index in [1.54, 1.807) is 31.4 Å². The van der Waals surface area contributed by atoms with Gasteiger partial charge in [0.05, 0.1) is 11.9 Å². The van der Waals surface area contributed by atoms with Crippen molar-refractivity contribution in [3.63, 3.8) is 0 Å². The molecule has 1 heterocycles. The molecule has 16 heavy (non-hydrogen) atoms. The molecule has 0 spiro atoms. The Labute approximate surface area is 98.1 Å². The molecule has 0 saturated heterocycles. The van der Waals surface area contributed by atoms with Crippen molar-refractivity contribution < 1.29 is 4.39 Å². The third kappa shape index (κ3) is 2.14. The van der Waals surface area contributed by atoms with Crippen molar-refractivity contribution in [3.05, 3.63) is 47.5 Å². The van der Waals surface area contributed by atoms with Crippen molar-refractivity contribution >= 4 is 17.3 Å². The summed E-state index contributed by atoms with van der Waals surface area (Å²) in [5.74, 6) is -0.255. The first-order valence-corrected chi connectivity index (χ1v) is 5.18. The second-order valence-corrected chi connectivity index (χ2v) is 3.70. The first-order valence-electron chi connectivity index (χ1n) is 4.80. The van der Waals surface area contributed by atoms with E-state index in [0.29, 0.717) is 5.15 Å². The molecule has 0 saturated carbocycles. The molecule has 1 aromatic heterocycles. The van der Waals surface area contributed by atoms with Crippen LogP contribution >= 0.6 is 11.6 Å². The van der Waals surface area contributed by atoms with E-state index in [1.165, 1.54) is 12.1 Å². The standard InChI is InChI=1S/C12H10ClFN2/c1-15-11-7-16-12(13)6-10(11)8-2-4-9(14)5-3-8/h2-7,15H,1H3. The van der Waals surface area contributed by atoms with Crippen LogP contribution in [0.25, 0.3) is 11.1 Å². The third-order valence-electron chi connectivity index (χ3n) is 2.30. The highest BCUT2D eigenvalue weighted by Gasteiger charge is 2.05. The van der Waals surface area contributed by atoms with Crippen molar-refractivity contribution in [1.82, 2.24) is 4.98 Å². The Balaban J connectivity index is 2.53. The van der Waals surface area contributed by atoms with Crippen LogP contribution in [-0.4, -0.2) is 12.0 Å². The second-order valence-electron chi connectivity index (χ2n) is 3.31. The van der Waals surface area contributed by atoms with Crippen molar-refractivity contribution in [3.8, 4) is 11.1 Å². The van der Waals surface area contributed by atoms with Gasteiger partial charge in [0.25, 0.3) is 0 Å². The van der Waals surface area contributed by atoms with Gasteiger partial charge in [-0.25, -0.2) is 9.37 Å². The molecule has 0 fully saturated rings. The number of nitrogens with one attached hydrogen (secondary N) is 1. The fourth-order valence-corrected chi connectivity index (χ4v) is 1.66. The molecule has 2 aromatic rings. The van der Waals surface area contributed by atoms with Gasteiger partial charge in [-0.3, -0.25) is 0 Å². The van der Waals surface area contributed by atoms with E-state index >= 15 is 0 Å². The van der Waals surface area contributed by atoms with Crippen LogP contribution in [0.2, 0.25) is 5.15 Å². The van der Waals surface area contributed by atoms with E-state index in [0.717, 1.165) is 16.8 Å². The Kier molecular flexibility index (Phi) is 3.06. The SMILES string of the molecule is CNc1cnc(Cl)cc1-c1ccc(F)cc1. The fraction of sp³-hybridized carbons (Fsp3) is 0.0833. The van der Waals surface area contributed by atoms with Gasteiger partial charge in [-0.2, -0.15) is 0 Å². The van der Waals surface area contributed by atoms with Gasteiger partial charge >= 0.3 is 0 Å². The first kappa shape index (κ1) is 10.9. The number of rotatable bonds is 2. The molecule has 0 aliphatic rings. The highest BCUT2D eigenvalue weighted by Crippen LogP contribution is 2.29. The van der Waals surface area contributed by atoms with Crippen molar-refractivity contribution in [2.75, 3.05) is 12.4 Å². The Morgan fingerprint density at radius 3 is 2.56 bits per heavy atom. The maximum absolute atomic E-state index is 12.8. The Hall–Kier alpha value is -1.61. The summed E-state index contributed by atoms with van der Waals surface area (Å²) >= 11 is 5.84. The van der Waals surface area contributed by atoms with Crippen LogP contribution in [-0.2, 0) is 0 Å². The van der Waals surface area contributed by atoms with Crippen LogP contribution in [0.5, 0.6) is 0 Å². The molecule has 0 aliphatic carbocycles. The minimum Gasteiger partial charge on any atom is -0.386 e. The minimum absolute atomic E-state index is 0.255. The molecule has 2 nitrogen and oxygen atoms in total. The van der Waals surface area contributed by atoms with Gasteiger partial charge in [-0.05, 0) is 23.8 Å². The normalized spacial score (nSPS) is 10.2. The molecule has 0 radical (unpaired) electrons. The third-order valence-corrected chi connectivity index (χ3v) is 2.50. The van der Waals surface area contributed by atoms with Crippen molar-refractivity contribution in [2.45, 2.75) is 0 Å². The molecule has 0 amide bonds. The summed E-state index contributed by atoms with van der Waals surface area (Å²) in [6.07, 6.45) is 1.65. The summed E-state index contributed by atoms with van der Waals surface area (Å²) in [5, 5.41) is 3.44. The zero-order valence-corrected chi connectivity index (χ0v) is 9.42. The van der Waals surface area contributed by atoms with Gasteiger partial charge in [0, 0.05) is 12.6 Å². The minimum atomic E-state index is -0.255. The Morgan fingerprint density at radius 1 is 1.25 bits per heavy atom. The first-order chi connectivity index (χ1) is 7.70. The van der Waals surface area contributed by atoms with Gasteiger partial charge in [0.1, 0.15) is 11.0 Å². The van der Waals surface area contributed by atoms with Gasteiger partial charge in [0.2, 0.25) is 0 Å². The number of halogens is 2. The zero-order valence-electron chi connectivity index (χ0n) is 8.67. The van der Waals surface area contributed by atoms with Gasteiger partial charge < -0.3 is 5.32 Å². The maximum Gasteiger partial charge on any atom is 0.129 e. The lowest BCUT2D eigenvalue weighted by Crippen LogP contribution is -1.93. The lowest BCUT2D eigenvalue weighted by molar-refractivity contribution is 0.628. The van der Waals surface area contributed by atoms with E-state index in [2.05, 4.69) is 10.3 Å². The van der Waals surface area contributed by atoms with Crippen molar-refractivity contribution in [1.29, 1.82) is 0 Å². The molecule has 0 atom stereocenters. The van der Waals surface area contributed by atoms with Crippen molar-refractivity contribution in [2.24, 2.45) is 0 Å². The fourth-order valence-electron chi connectivity index (χ4n) is 1.50. The van der Waals surface area contributed by atoms with Crippen LogP contribution in [0.15, 0.2) is 36.5 Å². The summed E-state index contributed by atoms with van der Waals surface area (Å²) in [4.78, 5) is 3.98. The summed E-state index contributed by atoms with van der Waals surface area (Å²) < 4.78 is 12.8.